The topological polar surface area (TPSA) is 35.6 Å². The second-order valence-electron chi connectivity index (χ2n) is 4.38. The van der Waals surface area contributed by atoms with Crippen LogP contribution in [0.4, 0.5) is 0 Å². The molecule has 0 saturated carbocycles. The molecular formula is C11H23N3O. The summed E-state index contributed by atoms with van der Waals surface area (Å²) in [7, 11) is 2.01. The van der Waals surface area contributed by atoms with Crippen molar-refractivity contribution >= 4 is 5.91 Å². The van der Waals surface area contributed by atoms with Gasteiger partial charge in [-0.05, 0) is 26.9 Å². The molecule has 4 nitrogen and oxygen atoms in total. The van der Waals surface area contributed by atoms with Crippen LogP contribution in [0.15, 0.2) is 0 Å². The van der Waals surface area contributed by atoms with E-state index in [0.29, 0.717) is 12.6 Å². The first-order valence-corrected chi connectivity index (χ1v) is 5.84. The molecule has 0 aromatic rings. The van der Waals surface area contributed by atoms with Crippen LogP contribution in [0.5, 0.6) is 0 Å². The molecule has 0 bridgehead atoms. The first-order chi connectivity index (χ1) is 7.15. The summed E-state index contributed by atoms with van der Waals surface area (Å²) in [6, 6.07) is 0.335. The molecule has 0 radical (unpaired) electrons. The molecule has 4 heteroatoms. The minimum Gasteiger partial charge on any atom is -0.336 e. The van der Waals surface area contributed by atoms with E-state index in [9.17, 15) is 4.79 Å². The van der Waals surface area contributed by atoms with Gasteiger partial charge in [0.1, 0.15) is 0 Å². The summed E-state index contributed by atoms with van der Waals surface area (Å²) >= 11 is 0. The van der Waals surface area contributed by atoms with Crippen LogP contribution < -0.4 is 5.32 Å². The predicted molar refractivity (Wildman–Crippen MR) is 61.8 cm³/mol. The van der Waals surface area contributed by atoms with E-state index in [-0.39, 0.29) is 5.91 Å². The Hall–Kier alpha value is -0.610. The van der Waals surface area contributed by atoms with Crippen molar-refractivity contribution in [2.45, 2.75) is 26.3 Å². The number of likely N-dealkylation sites (N-methyl/N-ethyl adjacent to an activating group) is 1. The van der Waals surface area contributed by atoms with Gasteiger partial charge in [-0.2, -0.15) is 0 Å². The van der Waals surface area contributed by atoms with Crippen LogP contribution in [-0.2, 0) is 4.79 Å². The molecular weight excluding hydrogens is 190 g/mol. The molecule has 0 aromatic heterocycles. The molecule has 1 fully saturated rings. The SMILES string of the molecule is CCCN(C)CC(=O)N1CCNC[C@H]1C. The van der Waals surface area contributed by atoms with Gasteiger partial charge in [0.05, 0.1) is 6.54 Å². The maximum atomic E-state index is 12.0. The van der Waals surface area contributed by atoms with Gasteiger partial charge >= 0.3 is 0 Å². The number of nitrogens with zero attached hydrogens (tertiary/aromatic N) is 2. The molecule has 1 heterocycles. The van der Waals surface area contributed by atoms with Crippen molar-refractivity contribution in [2.75, 3.05) is 39.8 Å². The Morgan fingerprint density at radius 1 is 1.60 bits per heavy atom. The Kier molecular flexibility index (Phi) is 5.05. The highest BCUT2D eigenvalue weighted by molar-refractivity contribution is 5.78. The Balaban J connectivity index is 2.37. The van der Waals surface area contributed by atoms with Crippen LogP contribution in [0.3, 0.4) is 0 Å². The minimum absolute atomic E-state index is 0.264. The minimum atomic E-state index is 0.264. The van der Waals surface area contributed by atoms with Crippen molar-refractivity contribution in [1.29, 1.82) is 0 Å². The van der Waals surface area contributed by atoms with Crippen LogP contribution in [0.1, 0.15) is 20.3 Å². The molecule has 1 aliphatic rings. The summed E-state index contributed by atoms with van der Waals surface area (Å²) in [4.78, 5) is 16.0. The number of hydrogen-bond donors (Lipinski definition) is 1. The Morgan fingerprint density at radius 2 is 2.33 bits per heavy atom. The fourth-order valence-corrected chi connectivity index (χ4v) is 1.99. The molecule has 0 aromatic carbocycles. The Bertz CT molecular complexity index is 208. The summed E-state index contributed by atoms with van der Waals surface area (Å²) in [5.41, 5.74) is 0. The number of hydrogen-bond acceptors (Lipinski definition) is 3. The molecule has 1 N–H and O–H groups in total. The van der Waals surface area contributed by atoms with Crippen molar-refractivity contribution in [3.8, 4) is 0 Å². The number of rotatable bonds is 4. The lowest BCUT2D eigenvalue weighted by Gasteiger charge is -2.35. The summed E-state index contributed by atoms with van der Waals surface area (Å²) < 4.78 is 0. The highest BCUT2D eigenvalue weighted by Crippen LogP contribution is 2.03. The molecule has 1 rings (SSSR count). The predicted octanol–water partition coefficient (Wildman–Crippen LogP) is 0.149. The standard InChI is InChI=1S/C11H23N3O/c1-4-6-13(3)9-11(15)14-7-5-12-8-10(14)2/h10,12H,4-9H2,1-3H3/t10-/m1/s1. The van der Waals surface area contributed by atoms with Crippen molar-refractivity contribution in [2.24, 2.45) is 0 Å². The van der Waals surface area contributed by atoms with E-state index in [1.807, 2.05) is 11.9 Å². The van der Waals surface area contributed by atoms with Crippen LogP contribution in [0.25, 0.3) is 0 Å². The zero-order valence-corrected chi connectivity index (χ0v) is 10.1. The zero-order valence-electron chi connectivity index (χ0n) is 10.1. The smallest absolute Gasteiger partial charge is 0.237 e. The third-order valence-electron chi connectivity index (χ3n) is 2.83. The van der Waals surface area contributed by atoms with Gasteiger partial charge in [-0.25, -0.2) is 0 Å². The molecule has 1 saturated heterocycles. The maximum absolute atomic E-state index is 12.0. The lowest BCUT2D eigenvalue weighted by Crippen LogP contribution is -2.54. The van der Waals surface area contributed by atoms with E-state index in [0.717, 1.165) is 32.6 Å². The van der Waals surface area contributed by atoms with E-state index in [4.69, 9.17) is 0 Å². The second-order valence-corrected chi connectivity index (χ2v) is 4.38. The number of amides is 1. The van der Waals surface area contributed by atoms with Gasteiger partial charge in [0, 0.05) is 25.7 Å². The van der Waals surface area contributed by atoms with Gasteiger partial charge in [-0.1, -0.05) is 6.92 Å². The third-order valence-corrected chi connectivity index (χ3v) is 2.83. The molecule has 15 heavy (non-hydrogen) atoms. The van der Waals surface area contributed by atoms with Crippen molar-refractivity contribution in [1.82, 2.24) is 15.1 Å². The highest BCUT2D eigenvalue weighted by Gasteiger charge is 2.23. The van der Waals surface area contributed by atoms with Gasteiger partial charge in [0.25, 0.3) is 0 Å². The maximum Gasteiger partial charge on any atom is 0.237 e. The molecule has 0 spiro atoms. The van der Waals surface area contributed by atoms with Gasteiger partial charge < -0.3 is 10.2 Å². The van der Waals surface area contributed by atoms with Crippen LogP contribution >= 0.6 is 0 Å². The van der Waals surface area contributed by atoms with Gasteiger partial charge in [0.15, 0.2) is 0 Å². The van der Waals surface area contributed by atoms with Gasteiger partial charge in [-0.3, -0.25) is 9.69 Å². The monoisotopic (exact) mass is 213 g/mol. The quantitative estimate of drug-likeness (QED) is 0.722. The third kappa shape index (κ3) is 3.80. The largest absolute Gasteiger partial charge is 0.336 e. The van der Waals surface area contributed by atoms with Crippen molar-refractivity contribution in [3.63, 3.8) is 0 Å². The first-order valence-electron chi connectivity index (χ1n) is 5.84. The summed E-state index contributed by atoms with van der Waals surface area (Å²) in [5, 5.41) is 3.29. The van der Waals surface area contributed by atoms with Gasteiger partial charge in [-0.15, -0.1) is 0 Å². The van der Waals surface area contributed by atoms with Crippen molar-refractivity contribution in [3.05, 3.63) is 0 Å². The average Bonchev–Trinajstić information content (AvgIpc) is 2.18. The number of piperazine rings is 1. The molecule has 1 amide bonds. The van der Waals surface area contributed by atoms with Crippen LogP contribution in [-0.4, -0.2) is 61.5 Å². The fourth-order valence-electron chi connectivity index (χ4n) is 1.99. The summed E-state index contributed by atoms with van der Waals surface area (Å²) in [5.74, 6) is 0.264. The normalized spacial score (nSPS) is 22.1. The van der Waals surface area contributed by atoms with E-state index in [1.54, 1.807) is 0 Å². The number of nitrogens with one attached hydrogen (secondary N) is 1. The van der Waals surface area contributed by atoms with E-state index in [2.05, 4.69) is 24.1 Å². The van der Waals surface area contributed by atoms with Crippen molar-refractivity contribution < 1.29 is 4.79 Å². The van der Waals surface area contributed by atoms with Crippen LogP contribution in [0, 0.1) is 0 Å². The molecule has 88 valence electrons. The van der Waals surface area contributed by atoms with Gasteiger partial charge in [0.2, 0.25) is 5.91 Å². The summed E-state index contributed by atoms with van der Waals surface area (Å²) in [6.07, 6.45) is 1.10. The fraction of sp³-hybridized carbons (Fsp3) is 0.909. The van der Waals surface area contributed by atoms with E-state index < -0.39 is 0 Å². The van der Waals surface area contributed by atoms with E-state index >= 15 is 0 Å². The van der Waals surface area contributed by atoms with E-state index in [1.165, 1.54) is 0 Å². The lowest BCUT2D eigenvalue weighted by molar-refractivity contribution is -0.134. The Morgan fingerprint density at radius 3 is 2.93 bits per heavy atom. The second kappa shape index (κ2) is 6.08. The highest BCUT2D eigenvalue weighted by atomic mass is 16.2. The first kappa shape index (κ1) is 12.5. The molecule has 1 atom stereocenters. The molecule has 0 aliphatic carbocycles. The van der Waals surface area contributed by atoms with Crippen LogP contribution in [0.2, 0.25) is 0 Å². The number of carbonyl (C=O) groups excluding carboxylic acids is 1. The lowest BCUT2D eigenvalue weighted by atomic mass is 10.2. The molecule has 0 unspecified atom stereocenters. The summed E-state index contributed by atoms with van der Waals surface area (Å²) in [6.45, 7) is 8.47. The zero-order chi connectivity index (χ0) is 11.3. The molecule has 1 aliphatic heterocycles. The Labute approximate surface area is 92.6 Å². The average molecular weight is 213 g/mol. The number of carbonyl (C=O) groups is 1.